The number of halogens is 1. The summed E-state index contributed by atoms with van der Waals surface area (Å²) in [7, 11) is 0. The van der Waals surface area contributed by atoms with Crippen LogP contribution >= 0.6 is 11.6 Å². The third-order valence-electron chi connectivity index (χ3n) is 3.99. The smallest absolute Gasteiger partial charge is 0.150 e. The maximum absolute atomic E-state index is 5.87. The Bertz CT molecular complexity index is 387. The quantitative estimate of drug-likeness (QED) is 0.813. The molecule has 0 aliphatic heterocycles. The number of nitrogen functional groups attached to an aromatic ring is 1. The molecule has 1 aromatic heterocycles. The van der Waals surface area contributed by atoms with Gasteiger partial charge in [0.05, 0.1) is 5.69 Å². The van der Waals surface area contributed by atoms with E-state index in [1.807, 2.05) is 0 Å². The molecule has 0 amide bonds. The zero-order chi connectivity index (χ0) is 13.0. The molecule has 18 heavy (non-hydrogen) atoms. The summed E-state index contributed by atoms with van der Waals surface area (Å²) in [5.74, 6) is 2.41. The van der Waals surface area contributed by atoms with E-state index in [2.05, 4.69) is 17.2 Å². The number of nitrogens with one attached hydrogen (secondary N) is 1. The molecule has 1 aromatic rings. The van der Waals surface area contributed by atoms with Crippen LogP contribution < -0.4 is 11.1 Å². The average Bonchev–Trinajstić information content (AvgIpc) is 2.40. The van der Waals surface area contributed by atoms with Crippen molar-refractivity contribution in [2.45, 2.75) is 39.0 Å². The van der Waals surface area contributed by atoms with Crippen LogP contribution in [0.4, 0.5) is 11.5 Å². The number of hydrogen-bond donors (Lipinski definition) is 2. The Labute approximate surface area is 114 Å². The molecule has 1 fully saturated rings. The molecule has 4 heteroatoms. The van der Waals surface area contributed by atoms with E-state index >= 15 is 0 Å². The van der Waals surface area contributed by atoms with Crippen LogP contribution in [-0.4, -0.2) is 11.5 Å². The lowest BCUT2D eigenvalue weighted by Crippen LogP contribution is -2.21. The van der Waals surface area contributed by atoms with Crippen LogP contribution in [0.2, 0.25) is 5.15 Å². The SMILES string of the molecule is CCC1CCC(CNc2nc(Cl)ccc2N)CC1. The van der Waals surface area contributed by atoms with Crippen LogP contribution in [0, 0.1) is 11.8 Å². The van der Waals surface area contributed by atoms with Gasteiger partial charge in [0.25, 0.3) is 0 Å². The molecule has 0 aromatic carbocycles. The van der Waals surface area contributed by atoms with Crippen LogP contribution in [0.1, 0.15) is 39.0 Å². The Morgan fingerprint density at radius 3 is 2.61 bits per heavy atom. The third kappa shape index (κ3) is 3.52. The minimum absolute atomic E-state index is 0.487. The summed E-state index contributed by atoms with van der Waals surface area (Å²) in [6.07, 6.45) is 6.67. The number of anilines is 2. The second-order valence-corrected chi connectivity index (χ2v) is 5.63. The third-order valence-corrected chi connectivity index (χ3v) is 4.20. The van der Waals surface area contributed by atoms with Crippen molar-refractivity contribution < 1.29 is 0 Å². The number of aromatic nitrogens is 1. The Hall–Kier alpha value is -0.960. The van der Waals surface area contributed by atoms with Gasteiger partial charge < -0.3 is 11.1 Å². The van der Waals surface area contributed by atoms with E-state index in [0.717, 1.165) is 24.2 Å². The Morgan fingerprint density at radius 1 is 1.28 bits per heavy atom. The number of pyridine rings is 1. The molecule has 1 aliphatic carbocycles. The summed E-state index contributed by atoms with van der Waals surface area (Å²) in [6.45, 7) is 3.24. The minimum atomic E-state index is 0.487. The molecule has 0 unspecified atom stereocenters. The summed E-state index contributed by atoms with van der Waals surface area (Å²) in [5, 5.41) is 3.82. The van der Waals surface area contributed by atoms with Crippen LogP contribution in [0.15, 0.2) is 12.1 Å². The first-order chi connectivity index (χ1) is 8.69. The van der Waals surface area contributed by atoms with E-state index < -0.39 is 0 Å². The summed E-state index contributed by atoms with van der Waals surface area (Å²) in [4.78, 5) is 4.22. The van der Waals surface area contributed by atoms with Crippen molar-refractivity contribution >= 4 is 23.1 Å². The topological polar surface area (TPSA) is 50.9 Å². The van der Waals surface area contributed by atoms with E-state index in [4.69, 9.17) is 17.3 Å². The van der Waals surface area contributed by atoms with Gasteiger partial charge in [-0.15, -0.1) is 0 Å². The second kappa shape index (κ2) is 6.28. The molecule has 1 heterocycles. The number of nitrogens with two attached hydrogens (primary N) is 1. The van der Waals surface area contributed by atoms with Gasteiger partial charge in [0.1, 0.15) is 5.15 Å². The van der Waals surface area contributed by atoms with Gasteiger partial charge in [0.2, 0.25) is 0 Å². The lowest BCUT2D eigenvalue weighted by molar-refractivity contribution is 0.278. The molecule has 0 spiro atoms. The molecule has 100 valence electrons. The average molecular weight is 268 g/mol. The molecule has 0 bridgehead atoms. The van der Waals surface area contributed by atoms with Gasteiger partial charge in [-0.25, -0.2) is 4.98 Å². The fraction of sp³-hybridized carbons (Fsp3) is 0.643. The summed E-state index contributed by atoms with van der Waals surface area (Å²) < 4.78 is 0. The van der Waals surface area contributed by atoms with Gasteiger partial charge >= 0.3 is 0 Å². The highest BCUT2D eigenvalue weighted by atomic mass is 35.5. The molecule has 0 atom stereocenters. The predicted molar refractivity (Wildman–Crippen MR) is 77.9 cm³/mol. The minimum Gasteiger partial charge on any atom is -0.396 e. The van der Waals surface area contributed by atoms with Crippen molar-refractivity contribution in [3.8, 4) is 0 Å². The molecular weight excluding hydrogens is 246 g/mol. The van der Waals surface area contributed by atoms with Crippen LogP contribution in [-0.2, 0) is 0 Å². The normalized spacial score (nSPS) is 23.9. The Balaban J connectivity index is 1.83. The monoisotopic (exact) mass is 267 g/mol. The number of rotatable bonds is 4. The molecule has 1 aliphatic rings. The largest absolute Gasteiger partial charge is 0.396 e. The molecule has 3 nitrogen and oxygen atoms in total. The van der Waals surface area contributed by atoms with Gasteiger partial charge in [-0.1, -0.05) is 37.8 Å². The fourth-order valence-corrected chi connectivity index (χ4v) is 2.82. The van der Waals surface area contributed by atoms with Gasteiger partial charge in [-0.2, -0.15) is 0 Å². The molecule has 1 saturated carbocycles. The maximum atomic E-state index is 5.87. The highest BCUT2D eigenvalue weighted by Crippen LogP contribution is 2.31. The van der Waals surface area contributed by atoms with E-state index in [-0.39, 0.29) is 0 Å². The first-order valence-corrected chi connectivity index (χ1v) is 7.22. The number of hydrogen-bond acceptors (Lipinski definition) is 3. The first-order valence-electron chi connectivity index (χ1n) is 6.85. The van der Waals surface area contributed by atoms with E-state index in [1.165, 1.54) is 32.1 Å². The highest BCUT2D eigenvalue weighted by Gasteiger charge is 2.19. The van der Waals surface area contributed by atoms with Crippen molar-refractivity contribution in [3.63, 3.8) is 0 Å². The predicted octanol–water partition coefficient (Wildman–Crippen LogP) is 3.95. The van der Waals surface area contributed by atoms with Crippen molar-refractivity contribution in [2.75, 3.05) is 17.6 Å². The van der Waals surface area contributed by atoms with Crippen molar-refractivity contribution in [3.05, 3.63) is 17.3 Å². The second-order valence-electron chi connectivity index (χ2n) is 5.25. The van der Waals surface area contributed by atoms with E-state index in [0.29, 0.717) is 10.8 Å². The van der Waals surface area contributed by atoms with E-state index in [1.54, 1.807) is 12.1 Å². The van der Waals surface area contributed by atoms with Gasteiger partial charge in [0, 0.05) is 6.54 Å². The Morgan fingerprint density at radius 2 is 1.94 bits per heavy atom. The highest BCUT2D eigenvalue weighted by molar-refractivity contribution is 6.29. The summed E-state index contributed by atoms with van der Waals surface area (Å²) in [6, 6.07) is 3.51. The number of nitrogens with zero attached hydrogens (tertiary/aromatic N) is 1. The molecule has 0 saturated heterocycles. The molecular formula is C14H22ClN3. The van der Waals surface area contributed by atoms with Gasteiger partial charge in [0.15, 0.2) is 5.82 Å². The molecule has 3 N–H and O–H groups in total. The van der Waals surface area contributed by atoms with Crippen molar-refractivity contribution in [1.29, 1.82) is 0 Å². The van der Waals surface area contributed by atoms with Crippen molar-refractivity contribution in [2.24, 2.45) is 11.8 Å². The van der Waals surface area contributed by atoms with E-state index in [9.17, 15) is 0 Å². The summed E-state index contributed by atoms with van der Waals surface area (Å²) in [5.41, 5.74) is 6.53. The fourth-order valence-electron chi connectivity index (χ4n) is 2.67. The van der Waals surface area contributed by atoms with Gasteiger partial charge in [-0.3, -0.25) is 0 Å². The molecule has 0 radical (unpaired) electrons. The van der Waals surface area contributed by atoms with Crippen LogP contribution in [0.3, 0.4) is 0 Å². The van der Waals surface area contributed by atoms with Crippen LogP contribution in [0.5, 0.6) is 0 Å². The van der Waals surface area contributed by atoms with Gasteiger partial charge in [-0.05, 0) is 36.8 Å². The first kappa shape index (κ1) is 13.5. The Kier molecular flexibility index (Phi) is 4.70. The maximum Gasteiger partial charge on any atom is 0.150 e. The lowest BCUT2D eigenvalue weighted by atomic mass is 9.81. The lowest BCUT2D eigenvalue weighted by Gasteiger charge is -2.28. The standard InChI is InChI=1S/C14H22ClN3/c1-2-10-3-5-11(6-4-10)9-17-14-12(16)7-8-13(15)18-14/h7-8,10-11H,2-6,9,16H2,1H3,(H,17,18). The summed E-state index contributed by atoms with van der Waals surface area (Å²) >= 11 is 5.87. The zero-order valence-corrected chi connectivity index (χ0v) is 11.7. The zero-order valence-electron chi connectivity index (χ0n) is 11.0. The van der Waals surface area contributed by atoms with Crippen molar-refractivity contribution in [1.82, 2.24) is 4.98 Å². The van der Waals surface area contributed by atoms with Crippen LogP contribution in [0.25, 0.3) is 0 Å². The molecule has 2 rings (SSSR count).